The van der Waals surface area contributed by atoms with Crippen LogP contribution in [0, 0.1) is 12.3 Å². The number of carbonyl (C=O) groups is 5. The van der Waals surface area contributed by atoms with Gasteiger partial charge in [0.25, 0.3) is 11.8 Å². The van der Waals surface area contributed by atoms with Gasteiger partial charge in [-0.15, -0.1) is 11.3 Å². The molecule has 0 bridgehead atoms. The monoisotopic (exact) mass is 960 g/mol. The number of fused-ring (bicyclic) bond motifs is 1. The molecular weight excluding hydrogens is 891 g/mol. The van der Waals surface area contributed by atoms with Gasteiger partial charge < -0.3 is 36.3 Å². The molecule has 15 nitrogen and oxygen atoms in total. The molecular formula is C53H69N9O6S. The van der Waals surface area contributed by atoms with Gasteiger partial charge in [-0.1, -0.05) is 83.6 Å². The van der Waals surface area contributed by atoms with E-state index in [9.17, 15) is 29.1 Å². The topological polar surface area (TPSA) is 202 Å². The van der Waals surface area contributed by atoms with Crippen LogP contribution in [0.3, 0.4) is 0 Å². The maximum absolute atomic E-state index is 14.0. The minimum absolute atomic E-state index is 0.0281. The highest BCUT2D eigenvalue weighted by molar-refractivity contribution is 7.13. The minimum atomic E-state index is -0.856. The van der Waals surface area contributed by atoms with Crippen molar-refractivity contribution in [2.75, 3.05) is 32.0 Å². The van der Waals surface area contributed by atoms with E-state index in [4.69, 9.17) is 0 Å². The summed E-state index contributed by atoms with van der Waals surface area (Å²) in [6.45, 7) is 9.59. The lowest BCUT2D eigenvalue weighted by Gasteiger charge is -2.35. The molecule has 2 saturated heterocycles. The molecule has 0 spiro atoms. The van der Waals surface area contributed by atoms with Gasteiger partial charge in [0.05, 0.1) is 27.7 Å². The fourth-order valence-corrected chi connectivity index (χ4v) is 10.2. The molecule has 69 heavy (non-hydrogen) atoms. The van der Waals surface area contributed by atoms with Gasteiger partial charge in [-0.25, -0.2) is 9.97 Å². The van der Waals surface area contributed by atoms with Crippen LogP contribution in [0.4, 0.5) is 5.82 Å². The molecule has 2 aliphatic heterocycles. The van der Waals surface area contributed by atoms with Gasteiger partial charge in [-0.05, 0) is 93.1 Å². The van der Waals surface area contributed by atoms with Gasteiger partial charge in [0, 0.05) is 73.0 Å². The Balaban J connectivity index is 0.743. The average molecular weight is 960 g/mol. The van der Waals surface area contributed by atoms with E-state index < -0.39 is 23.6 Å². The second-order valence-electron chi connectivity index (χ2n) is 19.8. The number of β-amino-alcohol motifs (C(OH)–C–C–N with tert-alkyl or cyclic N) is 1. The lowest BCUT2D eigenvalue weighted by atomic mass is 9.85. The summed E-state index contributed by atoms with van der Waals surface area (Å²) in [5.74, 6) is -0.920. The number of hydrogen-bond donors (Lipinski definition) is 6. The summed E-state index contributed by atoms with van der Waals surface area (Å²) in [4.78, 5) is 83.5. The summed E-state index contributed by atoms with van der Waals surface area (Å²) in [5.41, 5.74) is 7.17. The number of aromatic amines is 1. The molecule has 0 unspecified atom stereocenters. The van der Waals surface area contributed by atoms with Crippen LogP contribution in [0.5, 0.6) is 0 Å². The van der Waals surface area contributed by atoms with Crippen molar-refractivity contribution in [3.8, 4) is 10.4 Å². The molecule has 5 heterocycles. The number of aromatic nitrogens is 3. The van der Waals surface area contributed by atoms with E-state index in [2.05, 4.69) is 54.2 Å². The fourth-order valence-electron chi connectivity index (χ4n) is 9.35. The van der Waals surface area contributed by atoms with Crippen LogP contribution >= 0.6 is 11.3 Å². The Kier molecular flexibility index (Phi) is 17.4. The van der Waals surface area contributed by atoms with Crippen LogP contribution in [0.25, 0.3) is 21.3 Å². The number of unbranched alkanes of at least 4 members (excludes halogenated alkanes) is 7. The zero-order chi connectivity index (χ0) is 49.1. The molecule has 3 aromatic heterocycles. The zero-order valence-corrected chi connectivity index (χ0v) is 41.6. The number of nitrogens with zero attached hydrogens (tertiary/aromatic N) is 4. The van der Waals surface area contributed by atoms with Crippen molar-refractivity contribution in [3.05, 3.63) is 100 Å². The Morgan fingerprint density at radius 2 is 1.55 bits per heavy atom. The van der Waals surface area contributed by atoms with Crippen LogP contribution in [-0.2, 0) is 20.9 Å². The SMILES string of the molecule is Cc1ncsc1-c1ccc(CNC(=O)[C@@H]2C[C@@H](O)CN2C(=O)[C@@H](NC(=O)CCCCCCCCCCNC(=O)c2ccc(C(=O)Nc3cc4[nH]c([C@H]5CCCN5C)cc4cn3)cc2)C(C)(C)C)cc1. The molecule has 368 valence electrons. The molecule has 4 atom stereocenters. The lowest BCUT2D eigenvalue weighted by Crippen LogP contribution is -2.57. The number of hydrogen-bond acceptors (Lipinski definition) is 10. The molecule has 2 aliphatic rings. The number of anilines is 1. The molecule has 2 fully saturated rings. The second kappa shape index (κ2) is 23.6. The Labute approximate surface area is 409 Å². The molecule has 5 aromatic rings. The van der Waals surface area contributed by atoms with E-state index in [0.29, 0.717) is 42.4 Å². The van der Waals surface area contributed by atoms with E-state index in [1.54, 1.807) is 41.8 Å². The number of rotatable bonds is 21. The second-order valence-corrected chi connectivity index (χ2v) is 20.7. The Morgan fingerprint density at radius 3 is 2.20 bits per heavy atom. The summed E-state index contributed by atoms with van der Waals surface area (Å²) in [5, 5.41) is 23.4. The maximum atomic E-state index is 14.0. The summed E-state index contributed by atoms with van der Waals surface area (Å²) < 4.78 is 0. The molecule has 16 heteroatoms. The highest BCUT2D eigenvalue weighted by Gasteiger charge is 2.44. The standard InChI is InChI=1S/C53H69N9O6S/c1-34-47(69-33-57-34)36-19-17-35(18-20-36)30-56-51(67)44-28-40(63)32-62(44)52(68)48(53(2,3)4)60-46(64)16-12-10-8-6-7-9-11-13-25-54-49(65)37-21-23-38(24-22-37)50(66)59-45-29-41-39(31-55-45)27-42(58-41)43-15-14-26-61(43)5/h17-24,27,29,31,33,40,43-44,48,58,63H,6-16,25-26,28,30,32H2,1-5H3,(H,54,65)(H,56,67)(H,60,64)(H,55,59,66)/t40-,43-,44+,48-/m1/s1. The van der Waals surface area contributed by atoms with Crippen LogP contribution in [0.1, 0.15) is 142 Å². The Hall–Kier alpha value is -5.97. The van der Waals surface area contributed by atoms with Gasteiger partial charge in [0.15, 0.2) is 0 Å². The van der Waals surface area contributed by atoms with Gasteiger partial charge >= 0.3 is 0 Å². The Morgan fingerprint density at radius 1 is 0.870 bits per heavy atom. The van der Waals surface area contributed by atoms with Crippen molar-refractivity contribution in [1.29, 1.82) is 0 Å². The van der Waals surface area contributed by atoms with Crippen molar-refractivity contribution in [1.82, 2.24) is 40.7 Å². The minimum Gasteiger partial charge on any atom is -0.391 e. The first-order valence-electron chi connectivity index (χ1n) is 24.6. The van der Waals surface area contributed by atoms with E-state index in [0.717, 1.165) is 96.2 Å². The van der Waals surface area contributed by atoms with Crippen molar-refractivity contribution in [2.24, 2.45) is 5.41 Å². The number of likely N-dealkylation sites (tertiary alicyclic amines) is 2. The number of amides is 5. The van der Waals surface area contributed by atoms with Gasteiger partial charge in [0.2, 0.25) is 17.7 Å². The van der Waals surface area contributed by atoms with Gasteiger partial charge in [-0.3, -0.25) is 28.9 Å². The summed E-state index contributed by atoms with van der Waals surface area (Å²) >= 11 is 1.58. The lowest BCUT2D eigenvalue weighted by molar-refractivity contribution is -0.144. The van der Waals surface area contributed by atoms with Gasteiger partial charge in [-0.2, -0.15) is 0 Å². The quantitative estimate of drug-likeness (QED) is 0.0394. The average Bonchev–Trinajstić information content (AvgIpc) is 4.15. The number of pyridine rings is 1. The van der Waals surface area contributed by atoms with E-state index in [-0.39, 0.29) is 49.0 Å². The smallest absolute Gasteiger partial charge is 0.256 e. The van der Waals surface area contributed by atoms with E-state index >= 15 is 0 Å². The highest BCUT2D eigenvalue weighted by Crippen LogP contribution is 2.33. The van der Waals surface area contributed by atoms with Crippen molar-refractivity contribution < 1.29 is 29.1 Å². The number of benzene rings is 2. The van der Waals surface area contributed by atoms with Crippen molar-refractivity contribution >= 4 is 57.6 Å². The summed E-state index contributed by atoms with van der Waals surface area (Å²) in [7, 11) is 2.14. The third-order valence-electron chi connectivity index (χ3n) is 13.4. The number of aliphatic hydroxyl groups excluding tert-OH is 1. The van der Waals surface area contributed by atoms with Crippen LogP contribution in [0.2, 0.25) is 0 Å². The zero-order valence-electron chi connectivity index (χ0n) is 40.7. The predicted molar refractivity (Wildman–Crippen MR) is 271 cm³/mol. The third kappa shape index (κ3) is 13.6. The largest absolute Gasteiger partial charge is 0.391 e. The van der Waals surface area contributed by atoms with Crippen LogP contribution in [0.15, 0.2) is 72.4 Å². The molecule has 0 radical (unpaired) electrons. The molecule has 5 amide bonds. The van der Waals surface area contributed by atoms with Gasteiger partial charge in [0.1, 0.15) is 17.9 Å². The first-order chi connectivity index (χ1) is 33.1. The predicted octanol–water partition coefficient (Wildman–Crippen LogP) is 8.06. The van der Waals surface area contributed by atoms with E-state index in [1.807, 2.05) is 63.5 Å². The van der Waals surface area contributed by atoms with Crippen LogP contribution in [-0.4, -0.2) is 104 Å². The van der Waals surface area contributed by atoms with Crippen LogP contribution < -0.4 is 21.3 Å². The molecule has 6 N–H and O–H groups in total. The fraction of sp³-hybridized carbons (Fsp3) is 0.491. The molecule has 0 aliphatic carbocycles. The summed E-state index contributed by atoms with van der Waals surface area (Å²) in [6.07, 6.45) is 11.3. The maximum Gasteiger partial charge on any atom is 0.256 e. The number of aliphatic hydroxyl groups is 1. The summed E-state index contributed by atoms with van der Waals surface area (Å²) in [6, 6.07) is 17.2. The van der Waals surface area contributed by atoms with Crippen molar-refractivity contribution in [2.45, 2.75) is 136 Å². The molecule has 7 rings (SSSR count). The third-order valence-corrected chi connectivity index (χ3v) is 14.4. The normalized spacial score (nSPS) is 17.8. The number of H-pyrrole nitrogens is 1. The number of thiazole rings is 1. The molecule has 0 saturated carbocycles. The number of aryl methyl sites for hydroxylation is 1. The number of nitrogens with one attached hydrogen (secondary N) is 5. The van der Waals surface area contributed by atoms with Crippen molar-refractivity contribution in [3.63, 3.8) is 0 Å². The number of carbonyl (C=O) groups excluding carboxylic acids is 5. The first-order valence-corrected chi connectivity index (χ1v) is 25.5. The Bertz CT molecular complexity index is 2550. The first kappa shape index (κ1) is 50.9. The van der Waals surface area contributed by atoms with E-state index in [1.165, 1.54) is 11.3 Å². The molecule has 2 aromatic carbocycles. The highest BCUT2D eigenvalue weighted by atomic mass is 32.1.